The van der Waals surface area contributed by atoms with Crippen LogP contribution in [0.5, 0.6) is 0 Å². The van der Waals surface area contributed by atoms with Gasteiger partial charge in [0.2, 0.25) is 0 Å². The van der Waals surface area contributed by atoms with E-state index in [1.165, 1.54) is 53.0 Å². The lowest BCUT2D eigenvalue weighted by Crippen LogP contribution is -2.30. The number of benzene rings is 1. The van der Waals surface area contributed by atoms with Gasteiger partial charge in [-0.2, -0.15) is 0 Å². The quantitative estimate of drug-likeness (QED) is 0.668. The van der Waals surface area contributed by atoms with Gasteiger partial charge in [0, 0.05) is 15.0 Å². The van der Waals surface area contributed by atoms with Gasteiger partial charge in [0.15, 0.2) is 0 Å². The second kappa shape index (κ2) is 7.80. The van der Waals surface area contributed by atoms with Crippen molar-refractivity contribution in [3.05, 3.63) is 32.7 Å². The summed E-state index contributed by atoms with van der Waals surface area (Å²) in [7, 11) is 0. The van der Waals surface area contributed by atoms with Crippen molar-refractivity contribution in [3.8, 4) is 0 Å². The highest BCUT2D eigenvalue weighted by atomic mass is 79.9. The van der Waals surface area contributed by atoms with Crippen molar-refractivity contribution >= 4 is 31.9 Å². The smallest absolute Gasteiger partial charge is 0.0360 e. The summed E-state index contributed by atoms with van der Waals surface area (Å²) in [6.45, 7) is 3.33. The van der Waals surface area contributed by atoms with Crippen LogP contribution in [0.1, 0.15) is 57.1 Å². The van der Waals surface area contributed by atoms with Gasteiger partial charge >= 0.3 is 0 Å². The van der Waals surface area contributed by atoms with Crippen LogP contribution in [-0.2, 0) is 0 Å². The highest BCUT2D eigenvalue weighted by Gasteiger charge is 2.26. The largest absolute Gasteiger partial charge is 0.310 e. The van der Waals surface area contributed by atoms with E-state index in [0.29, 0.717) is 6.04 Å². The molecule has 106 valence electrons. The van der Waals surface area contributed by atoms with Crippen LogP contribution in [0, 0.1) is 5.92 Å². The Hall–Kier alpha value is 0.140. The van der Waals surface area contributed by atoms with Gasteiger partial charge in [-0.15, -0.1) is 0 Å². The molecule has 1 aromatic rings. The molecule has 0 aromatic heterocycles. The van der Waals surface area contributed by atoms with Crippen molar-refractivity contribution < 1.29 is 0 Å². The molecule has 0 bridgehead atoms. The van der Waals surface area contributed by atoms with E-state index >= 15 is 0 Å². The Labute approximate surface area is 133 Å². The van der Waals surface area contributed by atoms with Gasteiger partial charge in [-0.3, -0.25) is 0 Å². The average molecular weight is 389 g/mol. The summed E-state index contributed by atoms with van der Waals surface area (Å²) in [5.41, 5.74) is 1.41. The zero-order valence-electron chi connectivity index (χ0n) is 11.6. The summed E-state index contributed by atoms with van der Waals surface area (Å²) >= 11 is 7.34. The maximum atomic E-state index is 3.77. The molecular weight excluding hydrogens is 366 g/mol. The second-order valence-corrected chi connectivity index (χ2v) is 7.27. The third kappa shape index (κ3) is 4.30. The summed E-state index contributed by atoms with van der Waals surface area (Å²) < 4.78 is 2.40. The molecule has 3 heteroatoms. The maximum Gasteiger partial charge on any atom is 0.0360 e. The van der Waals surface area contributed by atoms with Gasteiger partial charge in [-0.25, -0.2) is 0 Å². The summed E-state index contributed by atoms with van der Waals surface area (Å²) in [6, 6.07) is 7.02. The van der Waals surface area contributed by atoms with Crippen molar-refractivity contribution in [1.29, 1.82) is 0 Å². The Morgan fingerprint density at radius 1 is 1.21 bits per heavy atom. The number of hydrogen-bond acceptors (Lipinski definition) is 1. The lowest BCUT2D eigenvalue weighted by atomic mass is 9.81. The average Bonchev–Trinajstić information content (AvgIpc) is 2.44. The van der Waals surface area contributed by atoms with Gasteiger partial charge in [-0.05, 0) is 55.5 Å². The SMILES string of the molecule is CCCNC(c1cc(Br)ccc1Br)C1CCCCC1. The first-order valence-electron chi connectivity index (χ1n) is 7.40. The van der Waals surface area contributed by atoms with E-state index in [9.17, 15) is 0 Å². The van der Waals surface area contributed by atoms with Crippen molar-refractivity contribution in [2.24, 2.45) is 5.92 Å². The van der Waals surface area contributed by atoms with Gasteiger partial charge in [0.25, 0.3) is 0 Å². The zero-order valence-corrected chi connectivity index (χ0v) is 14.8. The predicted octanol–water partition coefficient (Wildman–Crippen LogP) is 5.83. The summed E-state index contributed by atoms with van der Waals surface area (Å²) in [4.78, 5) is 0. The highest BCUT2D eigenvalue weighted by molar-refractivity contribution is 9.11. The van der Waals surface area contributed by atoms with Gasteiger partial charge < -0.3 is 5.32 Å². The van der Waals surface area contributed by atoms with E-state index in [2.05, 4.69) is 62.3 Å². The van der Waals surface area contributed by atoms with Gasteiger partial charge in [0.1, 0.15) is 0 Å². The molecule has 1 aliphatic carbocycles. The van der Waals surface area contributed by atoms with Crippen LogP contribution in [0.15, 0.2) is 27.1 Å². The van der Waals surface area contributed by atoms with Crippen LogP contribution < -0.4 is 5.32 Å². The first kappa shape index (κ1) is 15.5. The third-order valence-corrected chi connectivity index (χ3v) is 5.24. The fraction of sp³-hybridized carbons (Fsp3) is 0.625. The molecule has 2 rings (SSSR count). The minimum atomic E-state index is 0.493. The van der Waals surface area contributed by atoms with Crippen molar-refractivity contribution in [2.45, 2.75) is 51.5 Å². The molecule has 1 unspecified atom stereocenters. The molecule has 1 fully saturated rings. The predicted molar refractivity (Wildman–Crippen MR) is 89.5 cm³/mol. The summed E-state index contributed by atoms with van der Waals surface area (Å²) in [5, 5.41) is 3.77. The van der Waals surface area contributed by atoms with E-state index in [-0.39, 0.29) is 0 Å². The molecule has 0 radical (unpaired) electrons. The van der Waals surface area contributed by atoms with Crippen molar-refractivity contribution in [1.82, 2.24) is 5.32 Å². The molecule has 1 N–H and O–H groups in total. The highest BCUT2D eigenvalue weighted by Crippen LogP contribution is 2.38. The van der Waals surface area contributed by atoms with E-state index in [0.717, 1.165) is 12.5 Å². The molecule has 0 amide bonds. The normalized spacial score (nSPS) is 18.5. The van der Waals surface area contributed by atoms with Gasteiger partial charge in [0.05, 0.1) is 0 Å². The Morgan fingerprint density at radius 3 is 2.63 bits per heavy atom. The molecule has 1 atom stereocenters. The number of rotatable bonds is 5. The zero-order chi connectivity index (χ0) is 13.7. The molecule has 0 heterocycles. The second-order valence-electron chi connectivity index (χ2n) is 5.50. The van der Waals surface area contributed by atoms with Crippen molar-refractivity contribution in [2.75, 3.05) is 6.54 Å². The minimum Gasteiger partial charge on any atom is -0.310 e. The summed E-state index contributed by atoms with van der Waals surface area (Å²) in [5.74, 6) is 0.783. The van der Waals surface area contributed by atoms with E-state index in [4.69, 9.17) is 0 Å². The van der Waals surface area contributed by atoms with Crippen molar-refractivity contribution in [3.63, 3.8) is 0 Å². The molecular formula is C16H23Br2N. The van der Waals surface area contributed by atoms with Crippen LogP contribution in [0.3, 0.4) is 0 Å². The standard InChI is InChI=1S/C16H23Br2N/c1-2-10-19-16(12-6-4-3-5-7-12)14-11-13(17)8-9-15(14)18/h8-9,11-12,16,19H,2-7,10H2,1H3. The summed E-state index contributed by atoms with van der Waals surface area (Å²) in [6.07, 6.45) is 8.10. The minimum absolute atomic E-state index is 0.493. The number of nitrogens with one attached hydrogen (secondary N) is 1. The van der Waals surface area contributed by atoms with Crippen LogP contribution >= 0.6 is 31.9 Å². The molecule has 0 saturated heterocycles. The van der Waals surface area contributed by atoms with E-state index < -0.39 is 0 Å². The van der Waals surface area contributed by atoms with Crippen LogP contribution in [0.25, 0.3) is 0 Å². The van der Waals surface area contributed by atoms with E-state index in [1.807, 2.05) is 0 Å². The Balaban J connectivity index is 2.22. The molecule has 1 saturated carbocycles. The number of hydrogen-bond donors (Lipinski definition) is 1. The molecule has 1 nitrogen and oxygen atoms in total. The third-order valence-electron chi connectivity index (χ3n) is 4.03. The lowest BCUT2D eigenvalue weighted by Gasteiger charge is -2.32. The fourth-order valence-electron chi connectivity index (χ4n) is 3.05. The Kier molecular flexibility index (Phi) is 6.37. The Morgan fingerprint density at radius 2 is 1.95 bits per heavy atom. The lowest BCUT2D eigenvalue weighted by molar-refractivity contribution is 0.271. The monoisotopic (exact) mass is 387 g/mol. The molecule has 1 aliphatic rings. The fourth-order valence-corrected chi connectivity index (χ4v) is 3.92. The first-order chi connectivity index (χ1) is 9.22. The molecule has 1 aromatic carbocycles. The molecule has 0 spiro atoms. The first-order valence-corrected chi connectivity index (χ1v) is 8.99. The van der Waals surface area contributed by atoms with Gasteiger partial charge in [-0.1, -0.05) is 58.0 Å². The molecule has 19 heavy (non-hydrogen) atoms. The number of halogens is 2. The maximum absolute atomic E-state index is 3.77. The van der Waals surface area contributed by atoms with Crippen LogP contribution in [0.4, 0.5) is 0 Å². The topological polar surface area (TPSA) is 12.0 Å². The molecule has 0 aliphatic heterocycles. The van der Waals surface area contributed by atoms with Crippen LogP contribution in [0.2, 0.25) is 0 Å². The Bertz CT molecular complexity index is 400. The van der Waals surface area contributed by atoms with Crippen LogP contribution in [-0.4, -0.2) is 6.54 Å². The van der Waals surface area contributed by atoms with E-state index in [1.54, 1.807) is 0 Å².